The Morgan fingerprint density at radius 1 is 1.53 bits per heavy atom. The largest absolute Gasteiger partial charge is 0.478 e. The predicted molar refractivity (Wildman–Crippen MR) is 68.5 cm³/mol. The SMILES string of the molecule is O=C(O)C=Cc1ccsc1C(=O)NCc1ncn[nH]1. The molecule has 0 spiro atoms. The van der Waals surface area contributed by atoms with Gasteiger partial charge in [0.05, 0.1) is 11.4 Å². The Bertz CT molecular complexity index is 603. The number of hydrogen-bond acceptors (Lipinski definition) is 5. The fraction of sp³-hybridized carbons (Fsp3) is 0.0909. The van der Waals surface area contributed by atoms with Crippen LogP contribution in [0.15, 0.2) is 23.8 Å². The van der Waals surface area contributed by atoms with Crippen LogP contribution >= 0.6 is 11.3 Å². The second-order valence-corrected chi connectivity index (χ2v) is 4.41. The quantitative estimate of drug-likeness (QED) is 0.704. The zero-order valence-electron chi connectivity index (χ0n) is 9.66. The Hall–Kier alpha value is -2.48. The molecule has 0 aliphatic heterocycles. The molecule has 19 heavy (non-hydrogen) atoms. The molecule has 0 atom stereocenters. The van der Waals surface area contributed by atoms with Crippen molar-refractivity contribution in [2.75, 3.05) is 0 Å². The average molecular weight is 278 g/mol. The molecule has 1 amide bonds. The lowest BCUT2D eigenvalue weighted by molar-refractivity contribution is -0.131. The number of hydrogen-bond donors (Lipinski definition) is 3. The molecule has 0 aliphatic carbocycles. The number of aromatic nitrogens is 3. The summed E-state index contributed by atoms with van der Waals surface area (Å²) in [5.74, 6) is -0.789. The van der Waals surface area contributed by atoms with E-state index in [1.807, 2.05) is 0 Å². The maximum absolute atomic E-state index is 11.9. The lowest BCUT2D eigenvalue weighted by atomic mass is 10.2. The van der Waals surface area contributed by atoms with E-state index in [1.54, 1.807) is 11.4 Å². The molecular weight excluding hydrogens is 268 g/mol. The first-order valence-electron chi connectivity index (χ1n) is 5.28. The molecule has 0 saturated heterocycles. The Balaban J connectivity index is 2.03. The third kappa shape index (κ3) is 3.49. The summed E-state index contributed by atoms with van der Waals surface area (Å²) in [6.07, 6.45) is 3.74. The number of carbonyl (C=O) groups is 2. The topological polar surface area (TPSA) is 108 Å². The average Bonchev–Trinajstić information content (AvgIpc) is 3.04. The summed E-state index contributed by atoms with van der Waals surface area (Å²) in [5, 5.41) is 19.3. The molecule has 2 heterocycles. The number of amides is 1. The molecule has 7 nitrogen and oxygen atoms in total. The van der Waals surface area contributed by atoms with Crippen LogP contribution in [-0.4, -0.2) is 32.2 Å². The molecule has 2 rings (SSSR count). The number of carboxylic acid groups (broad SMARTS) is 1. The van der Waals surface area contributed by atoms with E-state index in [2.05, 4.69) is 20.5 Å². The number of H-pyrrole nitrogens is 1. The molecule has 0 aliphatic rings. The van der Waals surface area contributed by atoms with Crippen LogP contribution in [0.25, 0.3) is 6.08 Å². The van der Waals surface area contributed by atoms with Crippen molar-refractivity contribution in [1.29, 1.82) is 0 Å². The second-order valence-electron chi connectivity index (χ2n) is 3.49. The van der Waals surface area contributed by atoms with Crippen LogP contribution in [0.5, 0.6) is 0 Å². The van der Waals surface area contributed by atoms with E-state index < -0.39 is 5.97 Å². The van der Waals surface area contributed by atoms with Crippen LogP contribution in [0.4, 0.5) is 0 Å². The minimum Gasteiger partial charge on any atom is -0.478 e. The number of carbonyl (C=O) groups excluding carboxylic acids is 1. The van der Waals surface area contributed by atoms with Gasteiger partial charge in [0.25, 0.3) is 5.91 Å². The number of nitrogens with one attached hydrogen (secondary N) is 2. The van der Waals surface area contributed by atoms with Crippen LogP contribution < -0.4 is 5.32 Å². The van der Waals surface area contributed by atoms with Crippen molar-refractivity contribution in [2.45, 2.75) is 6.54 Å². The van der Waals surface area contributed by atoms with Gasteiger partial charge in [0, 0.05) is 6.08 Å². The van der Waals surface area contributed by atoms with E-state index in [0.717, 1.165) is 6.08 Å². The lowest BCUT2D eigenvalue weighted by Crippen LogP contribution is -2.23. The highest BCUT2D eigenvalue weighted by Crippen LogP contribution is 2.18. The molecule has 0 fully saturated rings. The van der Waals surface area contributed by atoms with Crippen molar-refractivity contribution in [3.05, 3.63) is 40.1 Å². The number of carboxylic acids is 1. The smallest absolute Gasteiger partial charge is 0.328 e. The maximum atomic E-state index is 11.9. The molecule has 0 aromatic carbocycles. The fourth-order valence-corrected chi connectivity index (χ4v) is 2.16. The van der Waals surface area contributed by atoms with Gasteiger partial charge >= 0.3 is 5.97 Å². The number of aliphatic carboxylic acids is 1. The summed E-state index contributed by atoms with van der Waals surface area (Å²) in [6, 6.07) is 1.69. The highest BCUT2D eigenvalue weighted by Gasteiger charge is 2.11. The summed E-state index contributed by atoms with van der Waals surface area (Å²) in [5.41, 5.74) is 0.572. The van der Waals surface area contributed by atoms with Gasteiger partial charge in [-0.15, -0.1) is 11.3 Å². The highest BCUT2D eigenvalue weighted by molar-refractivity contribution is 7.12. The predicted octanol–water partition coefficient (Wildman–Crippen LogP) is 0.894. The third-order valence-corrected chi connectivity index (χ3v) is 3.12. The number of aromatic amines is 1. The number of nitrogens with zero attached hydrogens (tertiary/aromatic N) is 2. The molecular formula is C11H10N4O3S. The molecule has 8 heteroatoms. The van der Waals surface area contributed by atoms with E-state index in [9.17, 15) is 9.59 Å². The van der Waals surface area contributed by atoms with Gasteiger partial charge in [-0.2, -0.15) is 5.10 Å². The Morgan fingerprint density at radius 2 is 2.37 bits per heavy atom. The van der Waals surface area contributed by atoms with Crippen molar-refractivity contribution < 1.29 is 14.7 Å². The van der Waals surface area contributed by atoms with Gasteiger partial charge < -0.3 is 10.4 Å². The van der Waals surface area contributed by atoms with E-state index in [-0.39, 0.29) is 12.5 Å². The molecule has 0 radical (unpaired) electrons. The van der Waals surface area contributed by atoms with E-state index in [4.69, 9.17) is 5.11 Å². The van der Waals surface area contributed by atoms with Crippen molar-refractivity contribution in [3.8, 4) is 0 Å². The van der Waals surface area contributed by atoms with E-state index >= 15 is 0 Å². The Morgan fingerprint density at radius 3 is 3.05 bits per heavy atom. The van der Waals surface area contributed by atoms with Gasteiger partial charge in [0.15, 0.2) is 0 Å². The maximum Gasteiger partial charge on any atom is 0.328 e. The lowest BCUT2D eigenvalue weighted by Gasteiger charge is -2.01. The minimum absolute atomic E-state index is 0.235. The Kier molecular flexibility index (Phi) is 4.04. The van der Waals surface area contributed by atoms with E-state index in [1.165, 1.54) is 23.7 Å². The highest BCUT2D eigenvalue weighted by atomic mass is 32.1. The minimum atomic E-state index is -1.06. The number of rotatable bonds is 5. The van der Waals surface area contributed by atoms with Crippen molar-refractivity contribution in [3.63, 3.8) is 0 Å². The summed E-state index contributed by atoms with van der Waals surface area (Å²) in [7, 11) is 0. The van der Waals surface area contributed by atoms with Gasteiger partial charge in [-0.1, -0.05) is 0 Å². The van der Waals surface area contributed by atoms with Crippen LogP contribution in [0, 0.1) is 0 Å². The normalized spacial score (nSPS) is 10.7. The second kappa shape index (κ2) is 5.91. The first-order chi connectivity index (χ1) is 9.16. The van der Waals surface area contributed by atoms with Crippen LogP contribution in [0.1, 0.15) is 21.1 Å². The van der Waals surface area contributed by atoms with Crippen molar-refractivity contribution in [1.82, 2.24) is 20.5 Å². The number of thiophene rings is 1. The Labute approximate surface area is 112 Å². The molecule has 3 N–H and O–H groups in total. The summed E-state index contributed by atoms with van der Waals surface area (Å²) in [6.45, 7) is 0.235. The summed E-state index contributed by atoms with van der Waals surface area (Å²) in [4.78, 5) is 26.7. The molecule has 98 valence electrons. The van der Waals surface area contributed by atoms with Crippen molar-refractivity contribution >= 4 is 29.3 Å². The monoisotopic (exact) mass is 278 g/mol. The standard InChI is InChI=1S/C11H10N4O3S/c16-9(17)2-1-7-3-4-19-10(7)11(18)12-5-8-13-6-14-15-8/h1-4,6H,5H2,(H,12,18)(H,16,17)(H,13,14,15). The molecule has 0 saturated carbocycles. The zero-order chi connectivity index (χ0) is 13.7. The zero-order valence-corrected chi connectivity index (χ0v) is 10.5. The molecule has 0 unspecified atom stereocenters. The summed E-state index contributed by atoms with van der Waals surface area (Å²) < 4.78 is 0. The fourth-order valence-electron chi connectivity index (χ4n) is 1.36. The summed E-state index contributed by atoms with van der Waals surface area (Å²) >= 11 is 1.24. The van der Waals surface area contributed by atoms with Gasteiger partial charge in [0.2, 0.25) is 0 Å². The molecule has 2 aromatic heterocycles. The van der Waals surface area contributed by atoms with Crippen LogP contribution in [0.3, 0.4) is 0 Å². The van der Waals surface area contributed by atoms with Gasteiger partial charge in [0.1, 0.15) is 12.2 Å². The molecule has 0 bridgehead atoms. The van der Waals surface area contributed by atoms with Crippen LogP contribution in [-0.2, 0) is 11.3 Å². The molecule has 2 aromatic rings. The first kappa shape index (κ1) is 13.0. The van der Waals surface area contributed by atoms with Crippen LogP contribution in [0.2, 0.25) is 0 Å². The van der Waals surface area contributed by atoms with E-state index in [0.29, 0.717) is 16.3 Å². The third-order valence-electron chi connectivity index (χ3n) is 2.19. The van der Waals surface area contributed by atoms with Gasteiger partial charge in [-0.3, -0.25) is 9.89 Å². The van der Waals surface area contributed by atoms with Crippen molar-refractivity contribution in [2.24, 2.45) is 0 Å². The van der Waals surface area contributed by atoms with Gasteiger partial charge in [-0.05, 0) is 23.1 Å². The first-order valence-corrected chi connectivity index (χ1v) is 6.15. The van der Waals surface area contributed by atoms with Gasteiger partial charge in [-0.25, -0.2) is 9.78 Å².